The van der Waals surface area contributed by atoms with Gasteiger partial charge >= 0.3 is 0 Å². The number of carbonyl (C=O) groups is 1. The maximum atomic E-state index is 12.1. The third-order valence-corrected chi connectivity index (χ3v) is 4.15. The summed E-state index contributed by atoms with van der Waals surface area (Å²) in [5.41, 5.74) is 0.937. The van der Waals surface area contributed by atoms with Crippen LogP contribution in [0.5, 0.6) is 0 Å². The highest BCUT2D eigenvalue weighted by molar-refractivity contribution is 5.94. The fourth-order valence-corrected chi connectivity index (χ4v) is 2.26. The van der Waals surface area contributed by atoms with Crippen LogP contribution in [0.2, 0.25) is 0 Å². The van der Waals surface area contributed by atoms with Crippen molar-refractivity contribution in [3.8, 4) is 0 Å². The van der Waals surface area contributed by atoms with Gasteiger partial charge in [0.05, 0.1) is 5.60 Å². The van der Waals surface area contributed by atoms with Crippen LogP contribution in [-0.2, 0) is 0 Å². The molecular weight excluding hydrogens is 264 g/mol. The van der Waals surface area contributed by atoms with E-state index in [-0.39, 0.29) is 12.5 Å². The van der Waals surface area contributed by atoms with Crippen molar-refractivity contribution in [3.63, 3.8) is 0 Å². The third-order valence-electron chi connectivity index (χ3n) is 4.15. The zero-order valence-corrected chi connectivity index (χ0v) is 13.6. The minimum Gasteiger partial charge on any atom is -0.388 e. The largest absolute Gasteiger partial charge is 0.388 e. The molecule has 0 aromatic heterocycles. The Balaban J connectivity index is 2.67. The Labute approximate surface area is 128 Å². The molecule has 0 aliphatic carbocycles. The van der Waals surface area contributed by atoms with Crippen molar-refractivity contribution in [1.82, 2.24) is 5.32 Å². The Kier molecular flexibility index (Phi) is 6.69. The first-order valence-electron chi connectivity index (χ1n) is 7.85. The Morgan fingerprint density at radius 2 is 1.62 bits per heavy atom. The third kappa shape index (κ3) is 4.74. The molecule has 0 fully saturated rings. The van der Waals surface area contributed by atoms with Crippen molar-refractivity contribution in [3.05, 3.63) is 29.8 Å². The van der Waals surface area contributed by atoms with Gasteiger partial charge in [0.1, 0.15) is 0 Å². The lowest BCUT2D eigenvalue weighted by atomic mass is 9.97. The van der Waals surface area contributed by atoms with Gasteiger partial charge in [-0.15, -0.1) is 0 Å². The van der Waals surface area contributed by atoms with Crippen LogP contribution < -0.4 is 10.2 Å². The van der Waals surface area contributed by atoms with E-state index in [1.165, 1.54) is 0 Å². The lowest BCUT2D eigenvalue weighted by Gasteiger charge is -2.25. The number of anilines is 1. The number of aliphatic hydroxyl groups is 1. The summed E-state index contributed by atoms with van der Waals surface area (Å²) in [7, 11) is 0. The highest BCUT2D eigenvalue weighted by Gasteiger charge is 2.22. The molecule has 1 aromatic carbocycles. The summed E-state index contributed by atoms with van der Waals surface area (Å²) < 4.78 is 0. The quantitative estimate of drug-likeness (QED) is 0.774. The number of benzene rings is 1. The van der Waals surface area contributed by atoms with Crippen molar-refractivity contribution in [2.75, 3.05) is 24.5 Å². The molecular formula is C17H28N2O2. The Morgan fingerprint density at radius 1 is 1.10 bits per heavy atom. The molecule has 0 bridgehead atoms. The first-order valence-corrected chi connectivity index (χ1v) is 7.85. The van der Waals surface area contributed by atoms with E-state index in [0.29, 0.717) is 18.4 Å². The summed E-state index contributed by atoms with van der Waals surface area (Å²) in [6, 6.07) is 7.60. The molecule has 21 heavy (non-hydrogen) atoms. The molecule has 0 aliphatic heterocycles. The van der Waals surface area contributed by atoms with Crippen molar-refractivity contribution in [2.45, 2.75) is 46.1 Å². The molecule has 2 N–H and O–H groups in total. The molecule has 1 amide bonds. The molecule has 0 saturated carbocycles. The van der Waals surface area contributed by atoms with Gasteiger partial charge < -0.3 is 15.3 Å². The van der Waals surface area contributed by atoms with Crippen LogP contribution in [0, 0.1) is 0 Å². The lowest BCUT2D eigenvalue weighted by Crippen LogP contribution is -2.42. The van der Waals surface area contributed by atoms with Crippen LogP contribution in [-0.4, -0.2) is 36.2 Å². The van der Waals surface area contributed by atoms with E-state index in [0.717, 1.165) is 18.8 Å². The monoisotopic (exact) mass is 292 g/mol. The molecule has 0 saturated heterocycles. The molecule has 4 nitrogen and oxygen atoms in total. The standard InChI is InChI=1S/C17H28N2O2/c1-5-17(21,6-2)13-18-16(20)14-9-11-15(12-10-14)19(7-3)8-4/h9-12,21H,5-8,13H2,1-4H3,(H,18,20). The van der Waals surface area contributed by atoms with Crippen LogP contribution in [0.4, 0.5) is 5.69 Å². The van der Waals surface area contributed by atoms with Gasteiger partial charge in [0.25, 0.3) is 5.91 Å². The predicted octanol–water partition coefficient (Wildman–Crippen LogP) is 2.81. The van der Waals surface area contributed by atoms with Crippen LogP contribution in [0.15, 0.2) is 24.3 Å². The molecule has 1 rings (SSSR count). The summed E-state index contributed by atoms with van der Waals surface area (Å²) >= 11 is 0. The summed E-state index contributed by atoms with van der Waals surface area (Å²) in [6.07, 6.45) is 1.26. The summed E-state index contributed by atoms with van der Waals surface area (Å²) in [5, 5.41) is 13.0. The SMILES string of the molecule is CCN(CC)c1ccc(C(=O)NCC(O)(CC)CC)cc1. The average molecular weight is 292 g/mol. The first kappa shape index (κ1) is 17.5. The van der Waals surface area contributed by atoms with Crippen molar-refractivity contribution >= 4 is 11.6 Å². The van der Waals surface area contributed by atoms with E-state index in [9.17, 15) is 9.90 Å². The Hall–Kier alpha value is -1.55. The van der Waals surface area contributed by atoms with Crippen molar-refractivity contribution < 1.29 is 9.90 Å². The van der Waals surface area contributed by atoms with Gasteiger partial charge in [0, 0.05) is 30.9 Å². The molecule has 0 unspecified atom stereocenters. The zero-order valence-electron chi connectivity index (χ0n) is 13.6. The first-order chi connectivity index (χ1) is 9.99. The van der Waals surface area contributed by atoms with E-state index in [2.05, 4.69) is 24.1 Å². The van der Waals surface area contributed by atoms with Crippen LogP contribution in [0.3, 0.4) is 0 Å². The van der Waals surface area contributed by atoms with Gasteiger partial charge in [0.15, 0.2) is 0 Å². The van der Waals surface area contributed by atoms with E-state index >= 15 is 0 Å². The lowest BCUT2D eigenvalue weighted by molar-refractivity contribution is 0.0314. The van der Waals surface area contributed by atoms with Gasteiger partial charge in [-0.3, -0.25) is 4.79 Å². The maximum absolute atomic E-state index is 12.1. The number of carbonyl (C=O) groups excluding carboxylic acids is 1. The number of nitrogens with zero attached hydrogens (tertiary/aromatic N) is 1. The molecule has 0 atom stereocenters. The minimum atomic E-state index is -0.809. The Bertz CT molecular complexity index is 435. The number of rotatable bonds is 8. The number of nitrogens with one attached hydrogen (secondary N) is 1. The van der Waals surface area contributed by atoms with Crippen molar-refractivity contribution in [2.24, 2.45) is 0 Å². The summed E-state index contributed by atoms with van der Waals surface area (Å²) in [4.78, 5) is 14.3. The number of hydrogen-bond donors (Lipinski definition) is 2. The molecule has 0 aliphatic rings. The van der Waals surface area contributed by atoms with Gasteiger partial charge in [-0.25, -0.2) is 0 Å². The van der Waals surface area contributed by atoms with Crippen LogP contribution >= 0.6 is 0 Å². The minimum absolute atomic E-state index is 0.138. The molecule has 0 radical (unpaired) electrons. The molecule has 0 heterocycles. The molecule has 4 heteroatoms. The fraction of sp³-hybridized carbons (Fsp3) is 0.588. The summed E-state index contributed by atoms with van der Waals surface area (Å²) in [5.74, 6) is -0.138. The second-order valence-electron chi connectivity index (χ2n) is 5.33. The topological polar surface area (TPSA) is 52.6 Å². The summed E-state index contributed by atoms with van der Waals surface area (Å²) in [6.45, 7) is 10.3. The molecule has 0 spiro atoms. The number of hydrogen-bond acceptors (Lipinski definition) is 3. The van der Waals surface area contributed by atoms with E-state index < -0.39 is 5.60 Å². The van der Waals surface area contributed by atoms with E-state index in [4.69, 9.17) is 0 Å². The maximum Gasteiger partial charge on any atom is 0.251 e. The normalized spacial score (nSPS) is 11.3. The second-order valence-corrected chi connectivity index (χ2v) is 5.33. The van der Waals surface area contributed by atoms with Gasteiger partial charge in [-0.2, -0.15) is 0 Å². The second kappa shape index (κ2) is 8.03. The van der Waals surface area contributed by atoms with Gasteiger partial charge in [-0.05, 0) is 51.0 Å². The van der Waals surface area contributed by atoms with Crippen LogP contribution in [0.1, 0.15) is 50.9 Å². The number of amides is 1. The van der Waals surface area contributed by atoms with Crippen molar-refractivity contribution in [1.29, 1.82) is 0 Å². The van der Waals surface area contributed by atoms with Crippen LogP contribution in [0.25, 0.3) is 0 Å². The Morgan fingerprint density at radius 3 is 2.05 bits per heavy atom. The fourth-order valence-electron chi connectivity index (χ4n) is 2.26. The van der Waals surface area contributed by atoms with Gasteiger partial charge in [0.2, 0.25) is 0 Å². The predicted molar refractivity (Wildman–Crippen MR) is 87.9 cm³/mol. The smallest absolute Gasteiger partial charge is 0.251 e. The highest BCUT2D eigenvalue weighted by atomic mass is 16.3. The molecule has 118 valence electrons. The van der Waals surface area contributed by atoms with E-state index in [1.807, 2.05) is 38.1 Å². The molecule has 1 aromatic rings. The zero-order chi connectivity index (χ0) is 15.9. The van der Waals surface area contributed by atoms with E-state index in [1.54, 1.807) is 0 Å². The van der Waals surface area contributed by atoms with Gasteiger partial charge in [-0.1, -0.05) is 13.8 Å². The average Bonchev–Trinajstić information content (AvgIpc) is 2.54. The highest BCUT2D eigenvalue weighted by Crippen LogP contribution is 2.16.